The Balaban J connectivity index is 1.72. The summed E-state index contributed by atoms with van der Waals surface area (Å²) in [6, 6.07) is -2.72. The van der Waals surface area contributed by atoms with Crippen molar-refractivity contribution in [1.29, 1.82) is 0 Å². The van der Waals surface area contributed by atoms with Gasteiger partial charge >= 0.3 is 0 Å². The average molecular weight is 526 g/mol. The smallest absolute Gasteiger partial charge is 0.0616 e. The quantitative estimate of drug-likeness (QED) is 0.201. The fourth-order valence-electron chi connectivity index (χ4n) is 5.14. The normalized spacial score (nSPS) is 18.1. The Labute approximate surface area is 260 Å². The van der Waals surface area contributed by atoms with Crippen LogP contribution in [-0.4, -0.2) is 0 Å². The molecule has 0 unspecified atom stereocenters. The Morgan fingerprint density at radius 3 is 1.60 bits per heavy atom. The molecular formula is C40H26. The maximum Gasteiger partial charge on any atom is 0.0629 e. The van der Waals surface area contributed by atoms with Crippen LogP contribution in [0.3, 0.4) is 0 Å². The third-order valence-electron chi connectivity index (χ3n) is 6.87. The van der Waals surface area contributed by atoms with Gasteiger partial charge in [-0.3, -0.25) is 0 Å². The van der Waals surface area contributed by atoms with Gasteiger partial charge in [0.15, 0.2) is 0 Å². The Bertz CT molecular complexity index is 3140. The van der Waals surface area contributed by atoms with E-state index < -0.39 is 169 Å². The van der Waals surface area contributed by atoms with E-state index in [1.165, 1.54) is 0 Å². The van der Waals surface area contributed by atoms with Crippen LogP contribution in [-0.2, 0) is 0 Å². The molecule has 0 aliphatic rings. The first kappa shape index (κ1) is 10.8. The molecule has 8 aromatic carbocycles. The van der Waals surface area contributed by atoms with Gasteiger partial charge in [-0.1, -0.05) is 157 Å². The van der Waals surface area contributed by atoms with E-state index in [1.807, 2.05) is 12.1 Å². The van der Waals surface area contributed by atoms with Crippen molar-refractivity contribution < 1.29 is 26.0 Å². The lowest BCUT2D eigenvalue weighted by molar-refractivity contribution is 1.63. The standard InChI is InChI=1S/C40H26/c1-3-15-31-27(11-1)13-9-21-32(31)29-23-25-30(26-24-29)39-35-17-5-7-19-37(35)40(38-20-8-6-18-36(38)39)34-22-10-14-28-12-2-4-16-33(28)34/h1-26H/i2D,4D,5D,6D,7D,8D,10D,12D,14D,16D,17D,18D,19D,20D,22D,23D,24D,25D,26D. The summed E-state index contributed by atoms with van der Waals surface area (Å²) in [7, 11) is 0. The highest BCUT2D eigenvalue weighted by atomic mass is 14.2. The highest BCUT2D eigenvalue weighted by Crippen LogP contribution is 2.45. The van der Waals surface area contributed by atoms with Gasteiger partial charge in [0.1, 0.15) is 0 Å². The lowest BCUT2D eigenvalue weighted by atomic mass is 9.84. The number of rotatable bonds is 3. The molecule has 0 aliphatic carbocycles. The van der Waals surface area contributed by atoms with Gasteiger partial charge in [0.05, 0.1) is 26.0 Å². The van der Waals surface area contributed by atoms with E-state index >= 15 is 0 Å². The lowest BCUT2D eigenvalue weighted by Crippen LogP contribution is -1.91. The van der Waals surface area contributed by atoms with E-state index in [4.69, 9.17) is 13.7 Å². The molecule has 0 N–H and O–H groups in total. The molecule has 0 aliphatic heterocycles. The van der Waals surface area contributed by atoms with E-state index in [9.17, 15) is 12.3 Å². The van der Waals surface area contributed by atoms with Gasteiger partial charge < -0.3 is 0 Å². The molecular weight excluding hydrogens is 480 g/mol. The fraction of sp³-hybridized carbons (Fsp3) is 0. The van der Waals surface area contributed by atoms with Crippen LogP contribution in [0.4, 0.5) is 0 Å². The highest BCUT2D eigenvalue weighted by Gasteiger charge is 2.17. The predicted molar refractivity (Wildman–Crippen MR) is 173 cm³/mol. The van der Waals surface area contributed by atoms with Crippen LogP contribution in [0.25, 0.3) is 76.5 Å². The van der Waals surface area contributed by atoms with E-state index in [0.29, 0.717) is 10.9 Å². The first-order chi connectivity index (χ1) is 27.8. The molecule has 0 aromatic heterocycles. The summed E-state index contributed by atoms with van der Waals surface area (Å²) in [6.07, 6.45) is 0. The monoisotopic (exact) mass is 525 g/mol. The topological polar surface area (TPSA) is 0 Å². The summed E-state index contributed by atoms with van der Waals surface area (Å²) >= 11 is 0. The van der Waals surface area contributed by atoms with Crippen LogP contribution in [0.5, 0.6) is 0 Å². The first-order valence-electron chi connectivity index (χ1n) is 21.8. The van der Waals surface area contributed by atoms with Gasteiger partial charge in [-0.2, -0.15) is 0 Å². The van der Waals surface area contributed by atoms with Crippen molar-refractivity contribution >= 4 is 43.1 Å². The highest BCUT2D eigenvalue weighted by molar-refractivity contribution is 6.23. The Kier molecular flexibility index (Phi) is 2.48. The van der Waals surface area contributed by atoms with E-state index in [1.54, 1.807) is 30.3 Å². The van der Waals surface area contributed by atoms with Gasteiger partial charge in [-0.05, 0) is 76.5 Å². The van der Waals surface area contributed by atoms with Crippen LogP contribution in [0.1, 0.15) is 26.0 Å². The van der Waals surface area contributed by atoms with E-state index in [2.05, 4.69) is 0 Å². The fourth-order valence-corrected chi connectivity index (χ4v) is 5.14. The Morgan fingerprint density at radius 1 is 0.325 bits per heavy atom. The molecule has 0 spiro atoms. The molecule has 0 amide bonds. The minimum Gasteiger partial charge on any atom is -0.0616 e. The van der Waals surface area contributed by atoms with Crippen molar-refractivity contribution in [2.45, 2.75) is 0 Å². The Morgan fingerprint density at radius 2 is 0.875 bits per heavy atom. The number of fused-ring (bicyclic) bond motifs is 4. The van der Waals surface area contributed by atoms with Gasteiger partial charge in [0.25, 0.3) is 0 Å². The number of benzene rings is 8. The van der Waals surface area contributed by atoms with Crippen molar-refractivity contribution in [3.8, 4) is 33.4 Å². The molecule has 186 valence electrons. The maximum atomic E-state index is 9.43. The summed E-state index contributed by atoms with van der Waals surface area (Å²) < 4.78 is 171. The van der Waals surface area contributed by atoms with Crippen molar-refractivity contribution in [2.75, 3.05) is 0 Å². The molecule has 0 atom stereocenters. The van der Waals surface area contributed by atoms with Crippen molar-refractivity contribution in [2.24, 2.45) is 0 Å². The SMILES string of the molecule is [2H]c1c([2H])c(-c2c3c([2H])c([2H])c([2H])c([2H])c3c(-c3c([2H])c([2H])c([2H])c4c([2H])c([2H])c([2H])c([2H])c34)c3c([2H])c([2H])c([2H])c([2H])c23)c([2H])c([2H])c1-c1cccc2ccccc12. The molecule has 40 heavy (non-hydrogen) atoms. The second kappa shape index (κ2) is 9.22. The molecule has 0 heteroatoms. The molecule has 0 saturated carbocycles. The summed E-state index contributed by atoms with van der Waals surface area (Å²) in [5, 5.41) is -1.91. The van der Waals surface area contributed by atoms with Crippen LogP contribution < -0.4 is 0 Å². The second-order valence-corrected chi connectivity index (χ2v) is 9.03. The van der Waals surface area contributed by atoms with Gasteiger partial charge in [-0.25, -0.2) is 0 Å². The zero-order chi connectivity index (χ0) is 43.0. The van der Waals surface area contributed by atoms with Crippen LogP contribution >= 0.6 is 0 Å². The number of hydrogen-bond acceptors (Lipinski definition) is 0. The van der Waals surface area contributed by atoms with E-state index in [-0.39, 0.29) is 5.56 Å². The third kappa shape index (κ3) is 3.54. The summed E-state index contributed by atoms with van der Waals surface area (Å²) in [5.74, 6) is 0. The third-order valence-corrected chi connectivity index (χ3v) is 6.87. The first-order valence-corrected chi connectivity index (χ1v) is 12.3. The van der Waals surface area contributed by atoms with Crippen LogP contribution in [0, 0.1) is 0 Å². The van der Waals surface area contributed by atoms with Crippen molar-refractivity contribution in [1.82, 2.24) is 0 Å². The van der Waals surface area contributed by atoms with Crippen LogP contribution in [0.15, 0.2) is 157 Å². The minimum atomic E-state index is -0.860. The summed E-state index contributed by atoms with van der Waals surface area (Å²) in [6.45, 7) is 0. The average Bonchev–Trinajstić information content (AvgIpc) is 3.22. The molecule has 0 radical (unpaired) electrons. The lowest BCUT2D eigenvalue weighted by Gasteiger charge is -2.19. The number of hydrogen-bond donors (Lipinski definition) is 0. The van der Waals surface area contributed by atoms with Gasteiger partial charge in [-0.15, -0.1) is 0 Å². The molecule has 0 saturated heterocycles. The molecule has 0 nitrogen and oxygen atoms in total. The predicted octanol–water partition coefficient (Wildman–Crippen LogP) is 11.3. The summed E-state index contributed by atoms with van der Waals surface area (Å²) in [5.41, 5.74) is -1.97. The largest absolute Gasteiger partial charge is 0.0629 e. The Hall–Kier alpha value is -5.20. The summed E-state index contributed by atoms with van der Waals surface area (Å²) in [4.78, 5) is 0. The molecule has 0 bridgehead atoms. The maximum absolute atomic E-state index is 9.43. The zero-order valence-corrected chi connectivity index (χ0v) is 20.5. The van der Waals surface area contributed by atoms with Crippen molar-refractivity contribution in [3.63, 3.8) is 0 Å². The molecule has 8 rings (SSSR count). The van der Waals surface area contributed by atoms with E-state index in [0.717, 1.165) is 5.39 Å². The second-order valence-electron chi connectivity index (χ2n) is 9.03. The zero-order valence-electron chi connectivity index (χ0n) is 39.5. The van der Waals surface area contributed by atoms with Gasteiger partial charge in [0.2, 0.25) is 0 Å². The van der Waals surface area contributed by atoms with Gasteiger partial charge in [0, 0.05) is 0 Å². The molecule has 0 fully saturated rings. The van der Waals surface area contributed by atoms with Crippen LogP contribution in [0.2, 0.25) is 0 Å². The molecule has 0 heterocycles. The molecule has 8 aromatic rings. The van der Waals surface area contributed by atoms with Crippen molar-refractivity contribution in [3.05, 3.63) is 157 Å². The minimum absolute atomic E-state index is 0.104.